The van der Waals surface area contributed by atoms with Crippen molar-refractivity contribution in [2.24, 2.45) is 5.14 Å². The van der Waals surface area contributed by atoms with Gasteiger partial charge in [0.15, 0.2) is 0 Å². The zero-order chi connectivity index (χ0) is 11.6. The summed E-state index contributed by atoms with van der Waals surface area (Å²) in [6.45, 7) is 3.89. The lowest BCUT2D eigenvalue weighted by molar-refractivity contribution is 0.331. The molecule has 1 aromatic carbocycles. The lowest BCUT2D eigenvalue weighted by Gasteiger charge is -2.10. The molecule has 0 aliphatic rings. The van der Waals surface area contributed by atoms with Gasteiger partial charge in [0.25, 0.3) is 0 Å². The van der Waals surface area contributed by atoms with E-state index in [0.29, 0.717) is 11.6 Å². The summed E-state index contributed by atoms with van der Waals surface area (Å²) in [7, 11) is -3.80. The van der Waals surface area contributed by atoms with Crippen molar-refractivity contribution in [3.8, 4) is 5.75 Å². The van der Waals surface area contributed by atoms with Crippen LogP contribution in [-0.4, -0.2) is 15.0 Å². The minimum atomic E-state index is -3.80. The molecule has 0 saturated carbocycles. The Morgan fingerprint density at radius 1 is 1.47 bits per heavy atom. The smallest absolute Gasteiger partial charge is 0.241 e. The lowest BCUT2D eigenvalue weighted by atomic mass is 10.2. The second kappa shape index (κ2) is 4.38. The number of hydrogen-bond donors (Lipinski definition) is 1. The summed E-state index contributed by atoms with van der Waals surface area (Å²) < 4.78 is 27.6. The van der Waals surface area contributed by atoms with E-state index < -0.39 is 10.0 Å². The third-order valence-corrected chi connectivity index (χ3v) is 3.17. The van der Waals surface area contributed by atoms with E-state index in [1.807, 2.05) is 0 Å². The van der Waals surface area contributed by atoms with E-state index >= 15 is 0 Å². The van der Waals surface area contributed by atoms with Gasteiger partial charge < -0.3 is 4.74 Å². The molecule has 4 nitrogen and oxygen atoms in total. The number of hydrogen-bond acceptors (Lipinski definition) is 3. The van der Waals surface area contributed by atoms with Gasteiger partial charge in [0.1, 0.15) is 10.6 Å². The Kier molecular flexibility index (Phi) is 3.59. The Bertz CT molecular complexity index is 470. The van der Waals surface area contributed by atoms with Crippen LogP contribution in [0.3, 0.4) is 0 Å². The molecule has 1 rings (SSSR count). The second-order valence-corrected chi connectivity index (χ2v) is 4.96. The molecule has 0 aliphatic heterocycles. The highest BCUT2D eigenvalue weighted by molar-refractivity contribution is 7.89. The quantitative estimate of drug-likeness (QED) is 0.886. The van der Waals surface area contributed by atoms with Gasteiger partial charge in [0.2, 0.25) is 10.0 Å². The highest BCUT2D eigenvalue weighted by atomic mass is 35.5. The molecule has 1 aromatic rings. The van der Waals surface area contributed by atoms with E-state index in [1.165, 1.54) is 6.07 Å². The Morgan fingerprint density at radius 2 is 2.07 bits per heavy atom. The summed E-state index contributed by atoms with van der Waals surface area (Å²) in [5.74, 6) is 0.238. The van der Waals surface area contributed by atoms with Crippen LogP contribution >= 0.6 is 11.6 Å². The molecule has 0 fully saturated rings. The molecule has 0 aromatic heterocycles. The molecular formula is C9H12ClNO3S. The molecule has 6 heteroatoms. The van der Waals surface area contributed by atoms with Gasteiger partial charge in [-0.3, -0.25) is 0 Å². The lowest BCUT2D eigenvalue weighted by Crippen LogP contribution is -2.14. The standard InChI is InChI=1S/C9H12ClNO3S/c1-3-14-8-4-6(2)7(10)5-9(8)15(11,12)13/h4-5H,3H2,1-2H3,(H2,11,12,13). The molecule has 0 heterocycles. The van der Waals surface area contributed by atoms with Crippen LogP contribution in [0.1, 0.15) is 12.5 Å². The number of primary sulfonamides is 1. The first-order chi connectivity index (χ1) is 6.86. The largest absolute Gasteiger partial charge is 0.492 e. The van der Waals surface area contributed by atoms with Crippen LogP contribution in [0.4, 0.5) is 0 Å². The van der Waals surface area contributed by atoms with Crippen LogP contribution in [0.15, 0.2) is 17.0 Å². The molecule has 0 atom stereocenters. The number of nitrogens with two attached hydrogens (primary N) is 1. The molecular weight excluding hydrogens is 238 g/mol. The first-order valence-electron chi connectivity index (χ1n) is 4.32. The Hall–Kier alpha value is -0.780. The summed E-state index contributed by atoms with van der Waals surface area (Å²) in [4.78, 5) is -0.0834. The monoisotopic (exact) mass is 249 g/mol. The van der Waals surface area contributed by atoms with Gasteiger partial charge in [-0.2, -0.15) is 0 Å². The molecule has 0 saturated heterocycles. The number of ether oxygens (including phenoxy) is 1. The number of halogens is 1. The Balaban J connectivity index is 3.42. The van der Waals surface area contributed by atoms with E-state index in [-0.39, 0.29) is 10.6 Å². The van der Waals surface area contributed by atoms with E-state index in [9.17, 15) is 8.42 Å². The van der Waals surface area contributed by atoms with Crippen LogP contribution in [-0.2, 0) is 10.0 Å². The number of aryl methyl sites for hydroxylation is 1. The van der Waals surface area contributed by atoms with Gasteiger partial charge in [0.05, 0.1) is 6.61 Å². The van der Waals surface area contributed by atoms with E-state index in [0.717, 1.165) is 5.56 Å². The first kappa shape index (κ1) is 12.3. The zero-order valence-electron chi connectivity index (χ0n) is 8.45. The fourth-order valence-electron chi connectivity index (χ4n) is 1.13. The maximum Gasteiger partial charge on any atom is 0.241 e. The predicted octanol–water partition coefficient (Wildman–Crippen LogP) is 1.69. The molecule has 84 valence electrons. The molecule has 15 heavy (non-hydrogen) atoms. The van der Waals surface area contributed by atoms with E-state index in [4.69, 9.17) is 21.5 Å². The number of benzene rings is 1. The van der Waals surface area contributed by atoms with Crippen molar-refractivity contribution in [3.05, 3.63) is 22.7 Å². The maximum atomic E-state index is 11.2. The zero-order valence-corrected chi connectivity index (χ0v) is 10.0. The number of sulfonamides is 1. The molecule has 0 bridgehead atoms. The van der Waals surface area contributed by atoms with Crippen LogP contribution in [0.25, 0.3) is 0 Å². The van der Waals surface area contributed by atoms with Crippen LogP contribution in [0.2, 0.25) is 5.02 Å². The average molecular weight is 250 g/mol. The highest BCUT2D eigenvalue weighted by Crippen LogP contribution is 2.29. The molecule has 0 radical (unpaired) electrons. The van der Waals surface area contributed by atoms with Crippen molar-refractivity contribution in [1.82, 2.24) is 0 Å². The summed E-state index contributed by atoms with van der Waals surface area (Å²) in [5, 5.41) is 5.39. The molecule has 0 unspecified atom stereocenters. The van der Waals surface area contributed by atoms with Crippen molar-refractivity contribution < 1.29 is 13.2 Å². The van der Waals surface area contributed by atoms with Gasteiger partial charge in [0, 0.05) is 5.02 Å². The molecule has 0 spiro atoms. The van der Waals surface area contributed by atoms with E-state index in [2.05, 4.69) is 0 Å². The minimum Gasteiger partial charge on any atom is -0.492 e. The van der Waals surface area contributed by atoms with Crippen molar-refractivity contribution in [2.45, 2.75) is 18.7 Å². The van der Waals surface area contributed by atoms with Crippen molar-refractivity contribution in [3.63, 3.8) is 0 Å². The van der Waals surface area contributed by atoms with Crippen molar-refractivity contribution in [1.29, 1.82) is 0 Å². The molecule has 0 aliphatic carbocycles. The fraction of sp³-hybridized carbons (Fsp3) is 0.333. The first-order valence-corrected chi connectivity index (χ1v) is 6.24. The van der Waals surface area contributed by atoms with Gasteiger partial charge in [-0.1, -0.05) is 11.6 Å². The van der Waals surface area contributed by atoms with Crippen molar-refractivity contribution >= 4 is 21.6 Å². The van der Waals surface area contributed by atoms with Crippen LogP contribution in [0, 0.1) is 6.92 Å². The predicted molar refractivity (Wildman–Crippen MR) is 58.7 cm³/mol. The Labute approximate surface area is 94.0 Å². The third-order valence-electron chi connectivity index (χ3n) is 1.83. The minimum absolute atomic E-state index is 0.0834. The summed E-state index contributed by atoms with van der Waals surface area (Å²) >= 11 is 5.82. The normalized spacial score (nSPS) is 11.5. The van der Waals surface area contributed by atoms with Gasteiger partial charge >= 0.3 is 0 Å². The third kappa shape index (κ3) is 2.84. The fourth-order valence-corrected chi connectivity index (χ4v) is 2.04. The molecule has 2 N–H and O–H groups in total. The van der Waals surface area contributed by atoms with Crippen LogP contribution < -0.4 is 9.88 Å². The maximum absolute atomic E-state index is 11.2. The van der Waals surface area contributed by atoms with E-state index in [1.54, 1.807) is 19.9 Å². The molecule has 0 amide bonds. The summed E-state index contributed by atoms with van der Waals surface area (Å²) in [6, 6.07) is 2.86. The Morgan fingerprint density at radius 3 is 2.53 bits per heavy atom. The van der Waals surface area contributed by atoms with Gasteiger partial charge in [-0.25, -0.2) is 13.6 Å². The highest BCUT2D eigenvalue weighted by Gasteiger charge is 2.17. The topological polar surface area (TPSA) is 69.4 Å². The van der Waals surface area contributed by atoms with Crippen molar-refractivity contribution in [2.75, 3.05) is 6.61 Å². The second-order valence-electron chi connectivity index (χ2n) is 3.03. The van der Waals surface area contributed by atoms with Gasteiger partial charge in [-0.15, -0.1) is 0 Å². The number of rotatable bonds is 3. The van der Waals surface area contributed by atoms with Gasteiger partial charge in [-0.05, 0) is 31.5 Å². The average Bonchev–Trinajstić information content (AvgIpc) is 2.09. The van der Waals surface area contributed by atoms with Crippen LogP contribution in [0.5, 0.6) is 5.75 Å². The summed E-state index contributed by atoms with van der Waals surface area (Å²) in [5.41, 5.74) is 0.743. The summed E-state index contributed by atoms with van der Waals surface area (Å²) in [6.07, 6.45) is 0. The SMILES string of the molecule is CCOc1cc(C)c(Cl)cc1S(N)(=O)=O.